The Labute approximate surface area is 129 Å². The van der Waals surface area contributed by atoms with E-state index in [9.17, 15) is 10.1 Å². The van der Waals surface area contributed by atoms with Crippen molar-refractivity contribution in [2.24, 2.45) is 5.10 Å². The Hall–Kier alpha value is -2.95. The predicted molar refractivity (Wildman–Crippen MR) is 89.9 cm³/mol. The molecule has 2 aromatic carbocycles. The first kappa shape index (κ1) is 15.4. The smallest absolute Gasteiger partial charge is 0.269 e. The molecule has 0 aliphatic heterocycles. The molecule has 5 nitrogen and oxygen atoms in total. The number of allylic oxidation sites excluding steroid dienone is 1. The summed E-state index contributed by atoms with van der Waals surface area (Å²) >= 11 is 0. The van der Waals surface area contributed by atoms with E-state index in [1.807, 2.05) is 49.4 Å². The van der Waals surface area contributed by atoms with Crippen LogP contribution in [0, 0.1) is 10.1 Å². The second-order valence-corrected chi connectivity index (χ2v) is 4.62. The predicted octanol–water partition coefficient (Wildman–Crippen LogP) is 4.49. The van der Waals surface area contributed by atoms with Gasteiger partial charge in [-0.1, -0.05) is 43.3 Å². The minimum absolute atomic E-state index is 0.0641. The van der Waals surface area contributed by atoms with Crippen molar-refractivity contribution >= 4 is 23.2 Å². The first-order valence-electron chi connectivity index (χ1n) is 6.99. The number of hydrogen-bond acceptors (Lipinski definition) is 4. The normalized spacial score (nSPS) is 11.6. The number of nitrogens with one attached hydrogen (secondary N) is 1. The van der Waals surface area contributed by atoms with E-state index in [0.717, 1.165) is 17.7 Å². The molecule has 0 fully saturated rings. The van der Waals surface area contributed by atoms with E-state index in [1.54, 1.807) is 12.1 Å². The van der Waals surface area contributed by atoms with Gasteiger partial charge in [0.2, 0.25) is 0 Å². The third-order valence-electron chi connectivity index (χ3n) is 3.04. The van der Waals surface area contributed by atoms with Gasteiger partial charge in [0, 0.05) is 12.1 Å². The van der Waals surface area contributed by atoms with Crippen molar-refractivity contribution in [3.8, 4) is 0 Å². The Morgan fingerprint density at radius 2 is 1.86 bits per heavy atom. The number of hydrazone groups is 1. The third kappa shape index (κ3) is 4.56. The Bertz CT molecular complexity index is 677. The fourth-order valence-electron chi connectivity index (χ4n) is 1.78. The quantitative estimate of drug-likeness (QED) is 0.485. The average molecular weight is 295 g/mol. The van der Waals surface area contributed by atoms with Crippen LogP contribution in [-0.2, 0) is 0 Å². The highest BCUT2D eigenvalue weighted by Crippen LogP contribution is 2.15. The van der Waals surface area contributed by atoms with Crippen molar-refractivity contribution in [1.82, 2.24) is 0 Å². The molecule has 112 valence electrons. The number of benzene rings is 2. The first-order valence-corrected chi connectivity index (χ1v) is 6.99. The summed E-state index contributed by atoms with van der Waals surface area (Å²) in [6.45, 7) is 2.02. The third-order valence-corrected chi connectivity index (χ3v) is 3.04. The second-order valence-electron chi connectivity index (χ2n) is 4.62. The molecule has 0 atom stereocenters. The molecule has 0 saturated heterocycles. The second kappa shape index (κ2) is 7.73. The van der Waals surface area contributed by atoms with Gasteiger partial charge >= 0.3 is 0 Å². The Morgan fingerprint density at radius 3 is 2.45 bits per heavy atom. The molecule has 0 amide bonds. The maximum atomic E-state index is 10.6. The van der Waals surface area contributed by atoms with E-state index in [1.165, 1.54) is 12.1 Å². The van der Waals surface area contributed by atoms with Crippen LogP contribution in [0.5, 0.6) is 0 Å². The van der Waals surface area contributed by atoms with Crippen LogP contribution in [0.3, 0.4) is 0 Å². The van der Waals surface area contributed by atoms with Gasteiger partial charge in [0.1, 0.15) is 0 Å². The van der Waals surface area contributed by atoms with E-state index < -0.39 is 4.92 Å². The molecular formula is C17H17N3O2. The van der Waals surface area contributed by atoms with Gasteiger partial charge in [0.05, 0.1) is 16.3 Å². The lowest BCUT2D eigenvalue weighted by atomic mass is 10.2. The topological polar surface area (TPSA) is 67.5 Å². The van der Waals surface area contributed by atoms with Gasteiger partial charge in [-0.2, -0.15) is 5.10 Å². The Morgan fingerprint density at radius 1 is 1.18 bits per heavy atom. The molecule has 0 bridgehead atoms. The van der Waals surface area contributed by atoms with Gasteiger partial charge in [-0.25, -0.2) is 0 Å². The van der Waals surface area contributed by atoms with Crippen LogP contribution in [0.25, 0.3) is 6.08 Å². The lowest BCUT2D eigenvalue weighted by Gasteiger charge is -2.02. The highest BCUT2D eigenvalue weighted by atomic mass is 16.6. The van der Waals surface area contributed by atoms with Gasteiger partial charge in [0.15, 0.2) is 0 Å². The molecule has 22 heavy (non-hydrogen) atoms. The van der Waals surface area contributed by atoms with Crippen LogP contribution in [0.15, 0.2) is 65.8 Å². The SMILES string of the molecule is CCC(/C=C/c1ccccc1)=N\Nc1ccc([N+](=O)[O-])cc1. The maximum Gasteiger partial charge on any atom is 0.269 e. The van der Waals surface area contributed by atoms with Crippen molar-refractivity contribution in [1.29, 1.82) is 0 Å². The molecule has 2 rings (SSSR count). The van der Waals surface area contributed by atoms with E-state index >= 15 is 0 Å². The van der Waals surface area contributed by atoms with Gasteiger partial charge in [-0.3, -0.25) is 15.5 Å². The van der Waals surface area contributed by atoms with Crippen LogP contribution in [0.1, 0.15) is 18.9 Å². The zero-order chi connectivity index (χ0) is 15.8. The van der Waals surface area contributed by atoms with Gasteiger partial charge in [0.25, 0.3) is 5.69 Å². The van der Waals surface area contributed by atoms with Crippen LogP contribution in [-0.4, -0.2) is 10.6 Å². The van der Waals surface area contributed by atoms with Crippen molar-refractivity contribution in [3.05, 3.63) is 76.4 Å². The molecule has 0 spiro atoms. The summed E-state index contributed by atoms with van der Waals surface area (Å²) < 4.78 is 0. The number of nitrogens with zero attached hydrogens (tertiary/aromatic N) is 2. The molecule has 0 unspecified atom stereocenters. The largest absolute Gasteiger partial charge is 0.278 e. The van der Waals surface area contributed by atoms with E-state index in [0.29, 0.717) is 5.69 Å². The minimum Gasteiger partial charge on any atom is -0.278 e. The van der Waals surface area contributed by atoms with Crippen LogP contribution >= 0.6 is 0 Å². The van der Waals surface area contributed by atoms with E-state index in [-0.39, 0.29) is 5.69 Å². The molecule has 0 aliphatic carbocycles. The molecule has 0 aliphatic rings. The maximum absolute atomic E-state index is 10.6. The number of anilines is 1. The molecule has 1 N–H and O–H groups in total. The monoisotopic (exact) mass is 295 g/mol. The first-order chi connectivity index (χ1) is 10.7. The van der Waals surface area contributed by atoms with E-state index in [2.05, 4.69) is 10.5 Å². The Balaban J connectivity index is 2.03. The summed E-state index contributed by atoms with van der Waals surface area (Å²) in [4.78, 5) is 10.2. The number of rotatable bonds is 6. The standard InChI is InChI=1S/C17H17N3O2/c1-2-15(9-8-14-6-4-3-5-7-14)18-19-16-10-12-17(13-11-16)20(21)22/h3-13,19H,2H2,1H3/b9-8+,18-15+. The number of nitro groups is 1. The van der Waals surface area contributed by atoms with Crippen LogP contribution < -0.4 is 5.43 Å². The summed E-state index contributed by atoms with van der Waals surface area (Å²) in [6.07, 6.45) is 4.73. The van der Waals surface area contributed by atoms with Crippen molar-refractivity contribution in [2.75, 3.05) is 5.43 Å². The molecule has 2 aromatic rings. The summed E-state index contributed by atoms with van der Waals surface area (Å²) in [5.41, 5.74) is 5.69. The van der Waals surface area contributed by atoms with Crippen LogP contribution in [0.4, 0.5) is 11.4 Å². The summed E-state index contributed by atoms with van der Waals surface area (Å²) in [6, 6.07) is 16.1. The molecule has 0 heterocycles. The van der Waals surface area contributed by atoms with Crippen molar-refractivity contribution < 1.29 is 4.92 Å². The number of nitro benzene ring substituents is 1. The highest BCUT2D eigenvalue weighted by Gasteiger charge is 2.03. The number of hydrogen-bond donors (Lipinski definition) is 1. The van der Waals surface area contributed by atoms with Crippen molar-refractivity contribution in [3.63, 3.8) is 0 Å². The highest BCUT2D eigenvalue weighted by molar-refractivity contribution is 5.98. The van der Waals surface area contributed by atoms with Gasteiger partial charge in [-0.05, 0) is 30.2 Å². The summed E-state index contributed by atoms with van der Waals surface area (Å²) in [5, 5.41) is 14.9. The molecular weight excluding hydrogens is 278 g/mol. The van der Waals surface area contributed by atoms with Gasteiger partial charge < -0.3 is 0 Å². The molecule has 0 aromatic heterocycles. The van der Waals surface area contributed by atoms with E-state index in [4.69, 9.17) is 0 Å². The number of non-ortho nitro benzene ring substituents is 1. The summed E-state index contributed by atoms with van der Waals surface area (Å²) in [5.74, 6) is 0. The lowest BCUT2D eigenvalue weighted by molar-refractivity contribution is -0.384. The molecule has 0 saturated carbocycles. The van der Waals surface area contributed by atoms with Crippen molar-refractivity contribution in [2.45, 2.75) is 13.3 Å². The average Bonchev–Trinajstić information content (AvgIpc) is 2.56. The lowest BCUT2D eigenvalue weighted by Crippen LogP contribution is -1.97. The fraction of sp³-hybridized carbons (Fsp3) is 0.118. The zero-order valence-corrected chi connectivity index (χ0v) is 12.3. The van der Waals surface area contributed by atoms with Gasteiger partial charge in [-0.15, -0.1) is 0 Å². The zero-order valence-electron chi connectivity index (χ0n) is 12.3. The Kier molecular flexibility index (Phi) is 5.43. The molecule has 5 heteroatoms. The van der Waals surface area contributed by atoms with Crippen LogP contribution in [0.2, 0.25) is 0 Å². The minimum atomic E-state index is -0.423. The fourth-order valence-corrected chi connectivity index (χ4v) is 1.78. The molecule has 0 radical (unpaired) electrons. The summed E-state index contributed by atoms with van der Waals surface area (Å²) in [7, 11) is 0.